The van der Waals surface area contributed by atoms with Crippen molar-refractivity contribution in [2.24, 2.45) is 7.05 Å². The number of benzene rings is 1. The molecule has 0 saturated heterocycles. The second kappa shape index (κ2) is 5.55. The molecule has 96 valence electrons. The van der Waals surface area contributed by atoms with Crippen molar-refractivity contribution in [2.45, 2.75) is 20.4 Å². The molecule has 2 rings (SSSR count). The van der Waals surface area contributed by atoms with Crippen molar-refractivity contribution in [3.63, 3.8) is 0 Å². The summed E-state index contributed by atoms with van der Waals surface area (Å²) in [5.74, 6) is 0. The number of hydrogen-bond acceptors (Lipinski definition) is 2. The zero-order chi connectivity index (χ0) is 13.1. The monoisotopic (exact) mass is 263 g/mol. The molecule has 1 N–H and O–H groups in total. The molecule has 0 atom stereocenters. The average Bonchev–Trinajstić information content (AvgIpc) is 2.66. The first-order chi connectivity index (χ1) is 8.61. The molecule has 0 radical (unpaired) electrons. The first-order valence-electron chi connectivity index (χ1n) is 6.11. The van der Waals surface area contributed by atoms with E-state index in [1.165, 1.54) is 5.56 Å². The number of halogens is 1. The fourth-order valence-electron chi connectivity index (χ4n) is 2.02. The van der Waals surface area contributed by atoms with Crippen molar-refractivity contribution in [3.8, 4) is 11.1 Å². The van der Waals surface area contributed by atoms with Crippen molar-refractivity contribution in [3.05, 3.63) is 40.7 Å². The highest BCUT2D eigenvalue weighted by Gasteiger charge is 2.10. The normalized spacial score (nSPS) is 10.9. The van der Waals surface area contributed by atoms with Crippen LogP contribution in [0.5, 0.6) is 0 Å². The highest BCUT2D eigenvalue weighted by atomic mass is 35.5. The number of aromatic nitrogens is 2. The van der Waals surface area contributed by atoms with Gasteiger partial charge in [0.25, 0.3) is 0 Å². The zero-order valence-electron chi connectivity index (χ0n) is 11.0. The summed E-state index contributed by atoms with van der Waals surface area (Å²) < 4.78 is 1.81. The first kappa shape index (κ1) is 13.1. The topological polar surface area (TPSA) is 29.9 Å². The van der Waals surface area contributed by atoms with Gasteiger partial charge < -0.3 is 5.32 Å². The molecule has 0 aliphatic carbocycles. The predicted molar refractivity (Wildman–Crippen MR) is 75.8 cm³/mol. The highest BCUT2D eigenvalue weighted by Crippen LogP contribution is 2.30. The van der Waals surface area contributed by atoms with E-state index in [4.69, 9.17) is 11.6 Å². The van der Waals surface area contributed by atoms with Gasteiger partial charge in [-0.2, -0.15) is 5.10 Å². The third-order valence-corrected chi connectivity index (χ3v) is 3.23. The number of nitrogens with zero attached hydrogens (tertiary/aromatic N) is 2. The second-order valence-corrected chi connectivity index (χ2v) is 4.80. The lowest BCUT2D eigenvalue weighted by Crippen LogP contribution is -2.11. The summed E-state index contributed by atoms with van der Waals surface area (Å²) in [5, 5.41) is 8.42. The molecule has 2 aromatic rings. The molecule has 1 aromatic carbocycles. The summed E-state index contributed by atoms with van der Waals surface area (Å²) in [6.07, 6.45) is 2.00. The number of hydrogen-bond donors (Lipinski definition) is 1. The SMILES string of the molecule is CCNCc1ccc(-c2cn(C)nc2C)c(Cl)c1. The second-order valence-electron chi connectivity index (χ2n) is 4.40. The lowest BCUT2D eigenvalue weighted by atomic mass is 10.0. The Morgan fingerprint density at radius 2 is 2.11 bits per heavy atom. The van der Waals surface area contributed by atoms with Gasteiger partial charge in [-0.1, -0.05) is 30.7 Å². The summed E-state index contributed by atoms with van der Waals surface area (Å²) >= 11 is 6.36. The quantitative estimate of drug-likeness (QED) is 0.918. The Balaban J connectivity index is 2.32. The molecule has 0 aliphatic heterocycles. The maximum Gasteiger partial charge on any atom is 0.0672 e. The van der Waals surface area contributed by atoms with Crippen LogP contribution in [0.1, 0.15) is 18.2 Å². The van der Waals surface area contributed by atoms with E-state index in [1.54, 1.807) is 0 Å². The number of aryl methyl sites for hydroxylation is 2. The van der Waals surface area contributed by atoms with Gasteiger partial charge in [-0.3, -0.25) is 4.68 Å². The maximum absolute atomic E-state index is 6.36. The Kier molecular flexibility index (Phi) is 4.04. The summed E-state index contributed by atoms with van der Waals surface area (Å²) in [6, 6.07) is 6.20. The van der Waals surface area contributed by atoms with Crippen molar-refractivity contribution in [1.82, 2.24) is 15.1 Å². The fourth-order valence-corrected chi connectivity index (χ4v) is 2.33. The first-order valence-corrected chi connectivity index (χ1v) is 6.49. The Bertz CT molecular complexity index is 546. The molecule has 0 bridgehead atoms. The minimum absolute atomic E-state index is 0.779. The molecule has 0 aliphatic rings. The third kappa shape index (κ3) is 2.74. The van der Waals surface area contributed by atoms with E-state index in [1.807, 2.05) is 30.9 Å². The van der Waals surface area contributed by atoms with Crippen LogP contribution >= 0.6 is 11.6 Å². The van der Waals surface area contributed by atoms with Gasteiger partial charge in [-0.05, 0) is 25.1 Å². The minimum Gasteiger partial charge on any atom is -0.313 e. The van der Waals surface area contributed by atoms with Crippen LogP contribution in [-0.2, 0) is 13.6 Å². The van der Waals surface area contributed by atoms with Gasteiger partial charge in [0.15, 0.2) is 0 Å². The summed E-state index contributed by atoms with van der Waals surface area (Å²) in [7, 11) is 1.92. The Hall–Kier alpha value is -1.32. The molecule has 4 heteroatoms. The number of nitrogens with one attached hydrogen (secondary N) is 1. The molecule has 1 aromatic heterocycles. The minimum atomic E-state index is 0.779. The van der Waals surface area contributed by atoms with Crippen molar-refractivity contribution >= 4 is 11.6 Å². The van der Waals surface area contributed by atoms with Gasteiger partial charge in [-0.25, -0.2) is 0 Å². The van der Waals surface area contributed by atoms with Gasteiger partial charge in [0.05, 0.1) is 5.69 Å². The van der Waals surface area contributed by atoms with Gasteiger partial charge in [-0.15, -0.1) is 0 Å². The van der Waals surface area contributed by atoms with Crippen LogP contribution in [0.3, 0.4) is 0 Å². The van der Waals surface area contributed by atoms with E-state index in [-0.39, 0.29) is 0 Å². The largest absolute Gasteiger partial charge is 0.313 e. The third-order valence-electron chi connectivity index (χ3n) is 2.92. The van der Waals surface area contributed by atoms with Crippen LogP contribution in [-0.4, -0.2) is 16.3 Å². The van der Waals surface area contributed by atoms with E-state index in [0.717, 1.165) is 34.9 Å². The van der Waals surface area contributed by atoms with Gasteiger partial charge in [0.2, 0.25) is 0 Å². The molecule has 3 nitrogen and oxygen atoms in total. The Labute approximate surface area is 113 Å². The molecule has 0 fully saturated rings. The molecule has 18 heavy (non-hydrogen) atoms. The number of rotatable bonds is 4. The standard InChI is InChI=1S/C14H18ClN3/c1-4-16-8-11-5-6-12(14(15)7-11)13-9-18(3)17-10(13)2/h5-7,9,16H,4,8H2,1-3H3. The van der Waals surface area contributed by atoms with E-state index < -0.39 is 0 Å². The van der Waals surface area contributed by atoms with Crippen molar-refractivity contribution in [1.29, 1.82) is 0 Å². The van der Waals surface area contributed by atoms with E-state index in [9.17, 15) is 0 Å². The summed E-state index contributed by atoms with van der Waals surface area (Å²) in [4.78, 5) is 0. The Morgan fingerprint density at radius 1 is 1.33 bits per heavy atom. The van der Waals surface area contributed by atoms with Crippen LogP contribution in [0, 0.1) is 6.92 Å². The van der Waals surface area contributed by atoms with E-state index in [2.05, 4.69) is 29.5 Å². The fraction of sp³-hybridized carbons (Fsp3) is 0.357. The zero-order valence-corrected chi connectivity index (χ0v) is 11.8. The molecule has 1 heterocycles. The average molecular weight is 264 g/mol. The van der Waals surface area contributed by atoms with Gasteiger partial charge >= 0.3 is 0 Å². The van der Waals surface area contributed by atoms with E-state index in [0.29, 0.717) is 0 Å². The lowest BCUT2D eigenvalue weighted by molar-refractivity contribution is 0.727. The summed E-state index contributed by atoms with van der Waals surface area (Å²) in [5.41, 5.74) is 4.34. The van der Waals surface area contributed by atoms with Crippen LogP contribution < -0.4 is 5.32 Å². The molecule has 0 saturated carbocycles. The van der Waals surface area contributed by atoms with Gasteiger partial charge in [0.1, 0.15) is 0 Å². The van der Waals surface area contributed by atoms with Crippen LogP contribution in [0.4, 0.5) is 0 Å². The molecule has 0 unspecified atom stereocenters. The molecular weight excluding hydrogens is 246 g/mol. The van der Waals surface area contributed by atoms with Crippen LogP contribution in [0.15, 0.2) is 24.4 Å². The predicted octanol–water partition coefficient (Wildman–Crippen LogP) is 3.16. The molecule has 0 spiro atoms. The maximum atomic E-state index is 6.36. The van der Waals surface area contributed by atoms with Gasteiger partial charge in [0, 0.05) is 35.9 Å². The highest BCUT2D eigenvalue weighted by molar-refractivity contribution is 6.33. The molecule has 0 amide bonds. The van der Waals surface area contributed by atoms with E-state index >= 15 is 0 Å². The van der Waals surface area contributed by atoms with Crippen molar-refractivity contribution < 1.29 is 0 Å². The van der Waals surface area contributed by atoms with Crippen LogP contribution in [0.2, 0.25) is 5.02 Å². The van der Waals surface area contributed by atoms with Crippen LogP contribution in [0.25, 0.3) is 11.1 Å². The Morgan fingerprint density at radius 3 is 2.67 bits per heavy atom. The smallest absolute Gasteiger partial charge is 0.0672 e. The van der Waals surface area contributed by atoms with Crippen molar-refractivity contribution in [2.75, 3.05) is 6.54 Å². The lowest BCUT2D eigenvalue weighted by Gasteiger charge is -2.07. The molecular formula is C14H18ClN3. The summed E-state index contributed by atoms with van der Waals surface area (Å²) in [6.45, 7) is 5.90.